The summed E-state index contributed by atoms with van der Waals surface area (Å²) in [7, 11) is 3.82. The maximum absolute atomic E-state index is 5.89. The predicted molar refractivity (Wildman–Crippen MR) is 80.5 cm³/mol. The molecular weight excluding hydrogens is 266 g/mol. The van der Waals surface area contributed by atoms with Crippen LogP contribution in [0, 0.1) is 6.92 Å². The molecule has 1 aliphatic rings. The van der Waals surface area contributed by atoms with Crippen LogP contribution in [0.25, 0.3) is 11.5 Å². The van der Waals surface area contributed by atoms with Crippen LogP contribution in [0.2, 0.25) is 0 Å². The maximum Gasteiger partial charge on any atom is 0.247 e. The fourth-order valence-electron chi connectivity index (χ4n) is 2.72. The minimum absolute atomic E-state index is 0.384. The molecule has 0 saturated carbocycles. The summed E-state index contributed by atoms with van der Waals surface area (Å²) in [6.07, 6.45) is 2.16. The van der Waals surface area contributed by atoms with Gasteiger partial charge in [-0.1, -0.05) is 6.07 Å². The normalized spacial score (nSPS) is 17.1. The van der Waals surface area contributed by atoms with Gasteiger partial charge in [0.15, 0.2) is 0 Å². The average molecular weight is 287 g/mol. The van der Waals surface area contributed by atoms with E-state index in [1.807, 2.05) is 25.1 Å². The van der Waals surface area contributed by atoms with Gasteiger partial charge in [-0.05, 0) is 57.6 Å². The van der Waals surface area contributed by atoms with Gasteiger partial charge in [0.1, 0.15) is 5.75 Å². The molecule has 5 nitrogen and oxygen atoms in total. The van der Waals surface area contributed by atoms with Crippen molar-refractivity contribution in [3.8, 4) is 17.2 Å². The molecule has 0 unspecified atom stereocenters. The third kappa shape index (κ3) is 2.93. The van der Waals surface area contributed by atoms with E-state index in [0.717, 1.165) is 48.7 Å². The van der Waals surface area contributed by atoms with Gasteiger partial charge < -0.3 is 14.1 Å². The standard InChI is InChI=1S/C16H21N3O2/c1-11-4-5-13(10-14(11)20-3)16-18-17-15(21-16)12-6-8-19(2)9-7-12/h4-5,10,12H,6-9H2,1-3H3. The molecule has 3 rings (SSSR count). The lowest BCUT2D eigenvalue weighted by molar-refractivity contribution is 0.237. The molecule has 0 atom stereocenters. The van der Waals surface area contributed by atoms with Gasteiger partial charge in [-0.15, -0.1) is 10.2 Å². The Hall–Kier alpha value is -1.88. The Labute approximate surface area is 124 Å². The third-order valence-corrected chi connectivity index (χ3v) is 4.16. The van der Waals surface area contributed by atoms with Gasteiger partial charge in [-0.2, -0.15) is 0 Å². The van der Waals surface area contributed by atoms with Crippen molar-refractivity contribution in [2.45, 2.75) is 25.7 Å². The highest BCUT2D eigenvalue weighted by atomic mass is 16.5. The number of aryl methyl sites for hydroxylation is 1. The Bertz CT molecular complexity index is 616. The SMILES string of the molecule is COc1cc(-c2nnc(C3CCN(C)CC3)o2)ccc1C. The molecule has 1 aromatic heterocycles. The molecule has 0 amide bonds. The summed E-state index contributed by atoms with van der Waals surface area (Å²) in [5.41, 5.74) is 2.00. The van der Waals surface area contributed by atoms with Crippen molar-refractivity contribution in [2.75, 3.05) is 27.2 Å². The van der Waals surface area contributed by atoms with E-state index in [2.05, 4.69) is 22.1 Å². The summed E-state index contributed by atoms with van der Waals surface area (Å²) >= 11 is 0. The van der Waals surface area contributed by atoms with Gasteiger partial charge in [0.25, 0.3) is 0 Å². The van der Waals surface area contributed by atoms with Crippen LogP contribution in [0.1, 0.15) is 30.2 Å². The lowest BCUT2D eigenvalue weighted by Gasteiger charge is -2.26. The zero-order valence-electron chi connectivity index (χ0n) is 12.8. The molecule has 1 saturated heterocycles. The molecule has 1 fully saturated rings. The van der Waals surface area contributed by atoms with Gasteiger partial charge >= 0.3 is 0 Å². The lowest BCUT2D eigenvalue weighted by atomic mass is 9.97. The molecule has 1 aliphatic heterocycles. The number of ether oxygens (including phenoxy) is 1. The van der Waals surface area contributed by atoms with Gasteiger partial charge in [-0.3, -0.25) is 0 Å². The number of methoxy groups -OCH3 is 1. The molecule has 0 bridgehead atoms. The van der Waals surface area contributed by atoms with Crippen molar-refractivity contribution in [1.29, 1.82) is 0 Å². The fraction of sp³-hybridized carbons (Fsp3) is 0.500. The Kier molecular flexibility index (Phi) is 3.92. The second-order valence-electron chi connectivity index (χ2n) is 5.71. The predicted octanol–water partition coefficient (Wildman–Crippen LogP) is 2.86. The summed E-state index contributed by atoms with van der Waals surface area (Å²) in [5, 5.41) is 8.44. The third-order valence-electron chi connectivity index (χ3n) is 4.16. The molecule has 2 aromatic rings. The number of rotatable bonds is 3. The summed E-state index contributed by atoms with van der Waals surface area (Å²) in [4.78, 5) is 2.33. The highest BCUT2D eigenvalue weighted by Gasteiger charge is 2.23. The topological polar surface area (TPSA) is 51.4 Å². The van der Waals surface area contributed by atoms with Crippen LogP contribution in [0.15, 0.2) is 22.6 Å². The van der Waals surface area contributed by atoms with Crippen molar-refractivity contribution < 1.29 is 9.15 Å². The van der Waals surface area contributed by atoms with Gasteiger partial charge in [0.05, 0.1) is 7.11 Å². The first-order valence-electron chi connectivity index (χ1n) is 7.34. The monoisotopic (exact) mass is 287 g/mol. The first-order valence-corrected chi connectivity index (χ1v) is 7.34. The second kappa shape index (κ2) is 5.85. The van der Waals surface area contributed by atoms with E-state index in [1.54, 1.807) is 7.11 Å². The van der Waals surface area contributed by atoms with E-state index in [1.165, 1.54) is 0 Å². The Morgan fingerprint density at radius 2 is 2.00 bits per heavy atom. The van der Waals surface area contributed by atoms with E-state index < -0.39 is 0 Å². The van der Waals surface area contributed by atoms with Crippen molar-refractivity contribution in [1.82, 2.24) is 15.1 Å². The van der Waals surface area contributed by atoms with Gasteiger partial charge in [0.2, 0.25) is 11.8 Å². The summed E-state index contributed by atoms with van der Waals surface area (Å²) < 4.78 is 11.2. The van der Waals surface area contributed by atoms with Crippen LogP contribution < -0.4 is 4.74 Å². The molecule has 21 heavy (non-hydrogen) atoms. The number of benzene rings is 1. The highest BCUT2D eigenvalue weighted by molar-refractivity contribution is 5.57. The van der Waals surface area contributed by atoms with Crippen LogP contribution >= 0.6 is 0 Å². The van der Waals surface area contributed by atoms with Crippen molar-refractivity contribution in [3.05, 3.63) is 29.7 Å². The zero-order valence-corrected chi connectivity index (χ0v) is 12.8. The fourth-order valence-corrected chi connectivity index (χ4v) is 2.72. The van der Waals surface area contributed by atoms with Crippen molar-refractivity contribution in [2.24, 2.45) is 0 Å². The molecule has 0 N–H and O–H groups in total. The summed E-state index contributed by atoms with van der Waals surface area (Å²) in [5.74, 6) is 2.56. The second-order valence-corrected chi connectivity index (χ2v) is 5.71. The largest absolute Gasteiger partial charge is 0.496 e. The minimum Gasteiger partial charge on any atom is -0.496 e. The molecule has 5 heteroatoms. The van der Waals surface area contributed by atoms with Crippen LogP contribution in [0.5, 0.6) is 5.75 Å². The Morgan fingerprint density at radius 1 is 1.24 bits per heavy atom. The highest BCUT2D eigenvalue weighted by Crippen LogP contribution is 2.30. The van der Waals surface area contributed by atoms with Crippen LogP contribution in [0.4, 0.5) is 0 Å². The van der Waals surface area contributed by atoms with Crippen LogP contribution in [0.3, 0.4) is 0 Å². The molecule has 1 aromatic carbocycles. The summed E-state index contributed by atoms with van der Waals surface area (Å²) in [6.45, 7) is 4.18. The zero-order chi connectivity index (χ0) is 14.8. The molecular formula is C16H21N3O2. The molecule has 0 radical (unpaired) electrons. The Morgan fingerprint density at radius 3 is 2.71 bits per heavy atom. The van der Waals surface area contributed by atoms with Crippen molar-refractivity contribution >= 4 is 0 Å². The van der Waals surface area contributed by atoms with E-state index in [0.29, 0.717) is 11.8 Å². The number of aromatic nitrogens is 2. The average Bonchev–Trinajstić information content (AvgIpc) is 2.98. The number of hydrogen-bond acceptors (Lipinski definition) is 5. The first kappa shape index (κ1) is 14.1. The van der Waals surface area contributed by atoms with E-state index >= 15 is 0 Å². The molecule has 0 aliphatic carbocycles. The van der Waals surface area contributed by atoms with Crippen molar-refractivity contribution in [3.63, 3.8) is 0 Å². The summed E-state index contributed by atoms with van der Waals surface area (Å²) in [6, 6.07) is 5.94. The van der Waals surface area contributed by atoms with Gasteiger partial charge in [0, 0.05) is 11.5 Å². The number of piperidine rings is 1. The number of likely N-dealkylation sites (tertiary alicyclic amines) is 1. The van der Waals surface area contributed by atoms with Crippen LogP contribution in [-0.4, -0.2) is 42.3 Å². The van der Waals surface area contributed by atoms with E-state index in [-0.39, 0.29) is 0 Å². The molecule has 112 valence electrons. The van der Waals surface area contributed by atoms with Gasteiger partial charge in [-0.25, -0.2) is 0 Å². The van der Waals surface area contributed by atoms with E-state index in [4.69, 9.17) is 9.15 Å². The number of hydrogen-bond donors (Lipinski definition) is 0. The lowest BCUT2D eigenvalue weighted by Crippen LogP contribution is -2.29. The first-order chi connectivity index (χ1) is 10.2. The minimum atomic E-state index is 0.384. The van der Waals surface area contributed by atoms with E-state index in [9.17, 15) is 0 Å². The molecule has 0 spiro atoms. The smallest absolute Gasteiger partial charge is 0.247 e. The maximum atomic E-state index is 5.89. The molecule has 2 heterocycles. The quantitative estimate of drug-likeness (QED) is 0.869. The Balaban J connectivity index is 1.81. The van der Waals surface area contributed by atoms with Crippen LogP contribution in [-0.2, 0) is 0 Å². The number of nitrogens with zero attached hydrogens (tertiary/aromatic N) is 3.